The Bertz CT molecular complexity index is 379. The summed E-state index contributed by atoms with van der Waals surface area (Å²) in [6.07, 6.45) is 6.22. The molecule has 1 aromatic heterocycles. The molecule has 17 heavy (non-hydrogen) atoms. The lowest BCUT2D eigenvalue weighted by Crippen LogP contribution is -2.18. The highest BCUT2D eigenvalue weighted by Crippen LogP contribution is 2.52. The van der Waals surface area contributed by atoms with Crippen LogP contribution >= 0.6 is 0 Å². The molecule has 0 saturated heterocycles. The fraction of sp³-hybridized carbons (Fsp3) is 0.786. The van der Waals surface area contributed by atoms with Crippen LogP contribution in [0.5, 0.6) is 0 Å². The Kier molecular flexibility index (Phi) is 3.30. The molecule has 1 aliphatic rings. The molecule has 0 bridgehead atoms. The van der Waals surface area contributed by atoms with E-state index in [0.717, 1.165) is 18.9 Å². The molecule has 2 N–H and O–H groups in total. The molecular formula is C14H25N3. The molecule has 0 radical (unpaired) electrons. The molecule has 3 nitrogen and oxygen atoms in total. The van der Waals surface area contributed by atoms with Crippen molar-refractivity contribution in [1.82, 2.24) is 9.55 Å². The zero-order valence-electron chi connectivity index (χ0n) is 11.5. The summed E-state index contributed by atoms with van der Waals surface area (Å²) in [7, 11) is 0. The molecule has 0 aromatic carbocycles. The molecule has 96 valence electrons. The van der Waals surface area contributed by atoms with Crippen molar-refractivity contribution in [2.24, 2.45) is 23.0 Å². The van der Waals surface area contributed by atoms with Gasteiger partial charge in [0.2, 0.25) is 0 Å². The lowest BCUT2D eigenvalue weighted by Gasteiger charge is -2.17. The maximum absolute atomic E-state index is 6.24. The first kappa shape index (κ1) is 12.6. The number of imidazole rings is 1. The summed E-state index contributed by atoms with van der Waals surface area (Å²) < 4.78 is 2.26. The average molecular weight is 235 g/mol. The molecule has 1 fully saturated rings. The van der Waals surface area contributed by atoms with Crippen LogP contribution in [0.2, 0.25) is 0 Å². The van der Waals surface area contributed by atoms with E-state index >= 15 is 0 Å². The van der Waals surface area contributed by atoms with Gasteiger partial charge in [0.25, 0.3) is 0 Å². The van der Waals surface area contributed by atoms with Crippen molar-refractivity contribution < 1.29 is 0 Å². The summed E-state index contributed by atoms with van der Waals surface area (Å²) in [5, 5.41) is 0. The van der Waals surface area contributed by atoms with Crippen molar-refractivity contribution in [2.45, 2.75) is 53.1 Å². The molecule has 2 atom stereocenters. The highest BCUT2D eigenvalue weighted by molar-refractivity contribution is 5.07. The maximum atomic E-state index is 6.24. The molecule has 1 heterocycles. The van der Waals surface area contributed by atoms with Gasteiger partial charge in [-0.05, 0) is 30.1 Å². The second-order valence-corrected chi connectivity index (χ2v) is 6.60. The maximum Gasteiger partial charge on any atom is 0.0948 e. The first-order valence-electron chi connectivity index (χ1n) is 6.66. The normalized spacial score (nSPS) is 24.0. The molecule has 1 aromatic rings. The highest BCUT2D eigenvalue weighted by Gasteiger charge is 2.45. The summed E-state index contributed by atoms with van der Waals surface area (Å²) in [4.78, 5) is 4.26. The Labute approximate surface area is 104 Å². The third kappa shape index (κ3) is 2.89. The summed E-state index contributed by atoms with van der Waals surface area (Å²) in [6, 6.07) is 0.124. The predicted octanol–water partition coefficient (Wildman–Crippen LogP) is 2.98. The van der Waals surface area contributed by atoms with Crippen molar-refractivity contribution >= 4 is 0 Å². The van der Waals surface area contributed by atoms with Crippen LogP contribution in [-0.2, 0) is 6.54 Å². The number of hydrogen-bond acceptors (Lipinski definition) is 2. The van der Waals surface area contributed by atoms with Crippen LogP contribution < -0.4 is 5.73 Å². The molecule has 3 heteroatoms. The van der Waals surface area contributed by atoms with Gasteiger partial charge in [-0.25, -0.2) is 4.98 Å². The summed E-state index contributed by atoms with van der Waals surface area (Å²) in [5.74, 6) is 1.42. The highest BCUT2D eigenvalue weighted by atomic mass is 15.1. The van der Waals surface area contributed by atoms with Crippen LogP contribution in [0.15, 0.2) is 12.5 Å². The first-order valence-corrected chi connectivity index (χ1v) is 6.66. The summed E-state index contributed by atoms with van der Waals surface area (Å²) in [6.45, 7) is 10.2. The van der Waals surface area contributed by atoms with E-state index in [2.05, 4.69) is 37.2 Å². The van der Waals surface area contributed by atoms with Gasteiger partial charge in [0, 0.05) is 18.8 Å². The van der Waals surface area contributed by atoms with Crippen LogP contribution in [0.4, 0.5) is 0 Å². The molecule has 1 saturated carbocycles. The number of aromatic nitrogens is 2. The largest absolute Gasteiger partial charge is 0.333 e. The molecule has 0 aliphatic heterocycles. The van der Waals surface area contributed by atoms with Crippen LogP contribution in [0.1, 0.15) is 52.3 Å². The zero-order chi connectivity index (χ0) is 12.6. The Morgan fingerprint density at radius 2 is 2.18 bits per heavy atom. The van der Waals surface area contributed by atoms with Gasteiger partial charge in [0.15, 0.2) is 0 Å². The van der Waals surface area contributed by atoms with Gasteiger partial charge in [-0.2, -0.15) is 0 Å². The molecule has 0 amide bonds. The average Bonchev–Trinajstić information content (AvgIpc) is 2.60. The summed E-state index contributed by atoms with van der Waals surface area (Å²) >= 11 is 0. The molecule has 0 spiro atoms. The Hall–Kier alpha value is -0.830. The Balaban J connectivity index is 2.01. The van der Waals surface area contributed by atoms with Gasteiger partial charge in [-0.15, -0.1) is 0 Å². The van der Waals surface area contributed by atoms with Gasteiger partial charge in [-0.3, -0.25) is 0 Å². The number of rotatable bonds is 5. The van der Waals surface area contributed by atoms with Crippen LogP contribution in [0.25, 0.3) is 0 Å². The van der Waals surface area contributed by atoms with Gasteiger partial charge < -0.3 is 10.3 Å². The van der Waals surface area contributed by atoms with E-state index in [0.29, 0.717) is 11.3 Å². The van der Waals surface area contributed by atoms with Crippen LogP contribution in [-0.4, -0.2) is 9.55 Å². The Morgan fingerprint density at radius 1 is 1.53 bits per heavy atom. The second-order valence-electron chi connectivity index (χ2n) is 6.60. The number of nitrogens with two attached hydrogens (primary N) is 1. The number of hydrogen-bond donors (Lipinski definition) is 1. The van der Waals surface area contributed by atoms with Crippen molar-refractivity contribution in [1.29, 1.82) is 0 Å². The van der Waals surface area contributed by atoms with Crippen molar-refractivity contribution in [3.8, 4) is 0 Å². The van der Waals surface area contributed by atoms with Crippen molar-refractivity contribution in [2.75, 3.05) is 0 Å². The van der Waals surface area contributed by atoms with E-state index in [1.165, 1.54) is 12.1 Å². The van der Waals surface area contributed by atoms with E-state index in [1.54, 1.807) is 0 Å². The molecule has 2 rings (SSSR count). The van der Waals surface area contributed by atoms with Gasteiger partial charge in [-0.1, -0.05) is 27.7 Å². The predicted molar refractivity (Wildman–Crippen MR) is 70.5 cm³/mol. The van der Waals surface area contributed by atoms with E-state index in [1.807, 2.05) is 12.5 Å². The zero-order valence-corrected chi connectivity index (χ0v) is 11.5. The minimum Gasteiger partial charge on any atom is -0.333 e. The summed E-state index contributed by atoms with van der Waals surface area (Å²) in [5.41, 5.74) is 7.96. The third-order valence-corrected chi connectivity index (χ3v) is 3.98. The first-order chi connectivity index (χ1) is 7.90. The lowest BCUT2D eigenvalue weighted by molar-refractivity contribution is 0.453. The minimum absolute atomic E-state index is 0.124. The molecule has 2 unspecified atom stereocenters. The van der Waals surface area contributed by atoms with Gasteiger partial charge in [0.05, 0.1) is 12.0 Å². The van der Waals surface area contributed by atoms with Gasteiger partial charge in [0.1, 0.15) is 0 Å². The van der Waals surface area contributed by atoms with Crippen molar-refractivity contribution in [3.63, 3.8) is 0 Å². The van der Waals surface area contributed by atoms with Crippen LogP contribution in [0.3, 0.4) is 0 Å². The quantitative estimate of drug-likeness (QED) is 0.852. The van der Waals surface area contributed by atoms with Crippen molar-refractivity contribution in [3.05, 3.63) is 18.2 Å². The third-order valence-electron chi connectivity index (χ3n) is 3.98. The molecular weight excluding hydrogens is 210 g/mol. The molecule has 1 aliphatic carbocycles. The van der Waals surface area contributed by atoms with E-state index < -0.39 is 0 Å². The van der Waals surface area contributed by atoms with Gasteiger partial charge >= 0.3 is 0 Å². The monoisotopic (exact) mass is 235 g/mol. The number of nitrogens with zero attached hydrogens (tertiary/aromatic N) is 2. The van der Waals surface area contributed by atoms with Crippen LogP contribution in [0, 0.1) is 17.3 Å². The second kappa shape index (κ2) is 4.45. The standard InChI is InChI=1S/C14H25N3/c1-10(2)5-12(15)13-7-16-9-17(13)8-11-6-14(11,3)4/h7,9-12H,5-6,8,15H2,1-4H3. The van der Waals surface area contributed by atoms with E-state index in [4.69, 9.17) is 5.73 Å². The fourth-order valence-electron chi connectivity index (χ4n) is 2.55. The van der Waals surface area contributed by atoms with E-state index in [9.17, 15) is 0 Å². The SMILES string of the molecule is CC(C)CC(N)c1cncn1CC1CC1(C)C. The Morgan fingerprint density at radius 3 is 2.71 bits per heavy atom. The van der Waals surface area contributed by atoms with E-state index in [-0.39, 0.29) is 6.04 Å². The minimum atomic E-state index is 0.124. The fourth-order valence-corrected chi connectivity index (χ4v) is 2.55. The smallest absolute Gasteiger partial charge is 0.0948 e. The lowest BCUT2D eigenvalue weighted by atomic mass is 10.0. The topological polar surface area (TPSA) is 43.8 Å².